The summed E-state index contributed by atoms with van der Waals surface area (Å²) < 4.78 is 1.22. The van der Waals surface area contributed by atoms with Gasteiger partial charge in [0.1, 0.15) is 0 Å². The van der Waals surface area contributed by atoms with Gasteiger partial charge in [0.25, 0.3) is 0 Å². The van der Waals surface area contributed by atoms with Gasteiger partial charge in [0.05, 0.1) is 0 Å². The highest BCUT2D eigenvalue weighted by Gasteiger charge is 2.12. The highest BCUT2D eigenvalue weighted by Crippen LogP contribution is 2.29. The van der Waals surface area contributed by atoms with Crippen molar-refractivity contribution in [2.75, 3.05) is 11.5 Å². The Bertz CT molecular complexity index is 288. The molecule has 4 heteroatoms. The van der Waals surface area contributed by atoms with Gasteiger partial charge in [0.15, 0.2) is 0 Å². The first-order chi connectivity index (χ1) is 7.15. The highest BCUT2D eigenvalue weighted by atomic mass is 79.9. The Morgan fingerprint density at radius 3 is 2.80 bits per heavy atom. The maximum Gasteiger partial charge on any atom is 0.0399 e. The summed E-state index contributed by atoms with van der Waals surface area (Å²) in [6, 6.07) is 3.12. The predicted octanol–water partition coefficient (Wildman–Crippen LogP) is 4.30. The van der Waals surface area contributed by atoms with E-state index in [9.17, 15) is 0 Å². The molecule has 1 aromatic rings. The molecule has 0 bridgehead atoms. The van der Waals surface area contributed by atoms with Crippen molar-refractivity contribution in [1.29, 1.82) is 0 Å². The standard InChI is InChI=1S/C11H18BrNS2/c1-4-14-7-8(2)13-9(3)11-10(12)5-6-15-11/h5-6,8-9,13H,4,7H2,1-3H3. The molecule has 1 N–H and O–H groups in total. The van der Waals surface area contributed by atoms with Crippen LogP contribution in [0.3, 0.4) is 0 Å². The minimum absolute atomic E-state index is 0.437. The van der Waals surface area contributed by atoms with Gasteiger partial charge < -0.3 is 5.32 Å². The predicted molar refractivity (Wildman–Crippen MR) is 76.0 cm³/mol. The summed E-state index contributed by atoms with van der Waals surface area (Å²) >= 11 is 7.37. The molecular weight excluding hydrogens is 290 g/mol. The van der Waals surface area contributed by atoms with Gasteiger partial charge in [0, 0.05) is 27.2 Å². The summed E-state index contributed by atoms with van der Waals surface area (Å²) in [5, 5.41) is 5.75. The van der Waals surface area contributed by atoms with E-state index in [0.717, 1.165) is 0 Å². The van der Waals surface area contributed by atoms with Gasteiger partial charge >= 0.3 is 0 Å². The Balaban J connectivity index is 2.42. The molecule has 1 heterocycles. The van der Waals surface area contributed by atoms with E-state index < -0.39 is 0 Å². The van der Waals surface area contributed by atoms with E-state index in [2.05, 4.69) is 53.5 Å². The fourth-order valence-corrected chi connectivity index (χ4v) is 3.88. The van der Waals surface area contributed by atoms with Gasteiger partial charge in [-0.05, 0) is 47.0 Å². The minimum Gasteiger partial charge on any atom is -0.306 e. The minimum atomic E-state index is 0.437. The van der Waals surface area contributed by atoms with Gasteiger partial charge in [-0.3, -0.25) is 0 Å². The van der Waals surface area contributed by atoms with Crippen LogP contribution < -0.4 is 5.32 Å². The van der Waals surface area contributed by atoms with Crippen LogP contribution in [0.25, 0.3) is 0 Å². The normalized spacial score (nSPS) is 15.2. The molecular formula is C11H18BrNS2. The summed E-state index contributed by atoms with van der Waals surface area (Å²) in [4.78, 5) is 1.39. The highest BCUT2D eigenvalue weighted by molar-refractivity contribution is 9.10. The van der Waals surface area contributed by atoms with Crippen molar-refractivity contribution in [3.8, 4) is 0 Å². The average Bonchev–Trinajstić information content (AvgIpc) is 2.61. The molecule has 15 heavy (non-hydrogen) atoms. The number of hydrogen-bond donors (Lipinski definition) is 1. The molecule has 1 aromatic heterocycles. The average molecular weight is 308 g/mol. The molecule has 0 saturated carbocycles. The molecule has 2 atom stereocenters. The first kappa shape index (κ1) is 13.6. The maximum absolute atomic E-state index is 3.62. The van der Waals surface area contributed by atoms with Crippen molar-refractivity contribution in [3.05, 3.63) is 20.8 Å². The summed E-state index contributed by atoms with van der Waals surface area (Å²) in [5.41, 5.74) is 0. The Hall–Kier alpha value is 0.490. The summed E-state index contributed by atoms with van der Waals surface area (Å²) in [6.45, 7) is 6.68. The lowest BCUT2D eigenvalue weighted by Gasteiger charge is -2.19. The van der Waals surface area contributed by atoms with Gasteiger partial charge in [-0.15, -0.1) is 11.3 Å². The van der Waals surface area contributed by atoms with E-state index in [1.54, 1.807) is 0 Å². The van der Waals surface area contributed by atoms with Crippen molar-refractivity contribution < 1.29 is 0 Å². The quantitative estimate of drug-likeness (QED) is 0.841. The number of rotatable bonds is 6. The van der Waals surface area contributed by atoms with Crippen molar-refractivity contribution >= 4 is 39.0 Å². The van der Waals surface area contributed by atoms with Crippen LogP contribution in [0.5, 0.6) is 0 Å². The van der Waals surface area contributed by atoms with Crippen LogP contribution >= 0.6 is 39.0 Å². The number of hydrogen-bond acceptors (Lipinski definition) is 3. The van der Waals surface area contributed by atoms with Gasteiger partial charge in [-0.1, -0.05) is 6.92 Å². The monoisotopic (exact) mass is 307 g/mol. The molecule has 0 fully saturated rings. The van der Waals surface area contributed by atoms with Crippen LogP contribution in [-0.4, -0.2) is 17.5 Å². The lowest BCUT2D eigenvalue weighted by Crippen LogP contribution is -2.30. The number of thioether (sulfide) groups is 1. The van der Waals surface area contributed by atoms with E-state index in [0.29, 0.717) is 12.1 Å². The van der Waals surface area contributed by atoms with Gasteiger partial charge in [-0.25, -0.2) is 0 Å². The zero-order valence-corrected chi connectivity index (χ0v) is 12.6. The second-order valence-electron chi connectivity index (χ2n) is 3.58. The Morgan fingerprint density at radius 2 is 2.27 bits per heavy atom. The Morgan fingerprint density at radius 1 is 1.53 bits per heavy atom. The number of nitrogens with one attached hydrogen (secondary N) is 1. The zero-order chi connectivity index (χ0) is 11.3. The van der Waals surface area contributed by atoms with E-state index in [1.165, 1.54) is 20.9 Å². The second kappa shape index (κ2) is 6.94. The maximum atomic E-state index is 3.62. The summed E-state index contributed by atoms with van der Waals surface area (Å²) in [5.74, 6) is 2.38. The molecule has 0 aliphatic carbocycles. The molecule has 0 aromatic carbocycles. The largest absolute Gasteiger partial charge is 0.306 e. The molecule has 0 aliphatic rings. The van der Waals surface area contributed by atoms with Crippen LogP contribution in [0, 0.1) is 0 Å². The topological polar surface area (TPSA) is 12.0 Å². The van der Waals surface area contributed by atoms with Crippen molar-refractivity contribution in [2.45, 2.75) is 32.9 Å². The SMILES string of the molecule is CCSCC(C)NC(C)c1sccc1Br. The lowest BCUT2D eigenvalue weighted by atomic mass is 10.2. The van der Waals surface area contributed by atoms with E-state index in [4.69, 9.17) is 0 Å². The zero-order valence-electron chi connectivity index (χ0n) is 9.42. The molecule has 0 aliphatic heterocycles. The summed E-state index contributed by atoms with van der Waals surface area (Å²) in [7, 11) is 0. The number of thiophene rings is 1. The molecule has 1 nitrogen and oxygen atoms in total. The van der Waals surface area contributed by atoms with E-state index in [-0.39, 0.29) is 0 Å². The Labute approximate surface area is 109 Å². The third-order valence-corrected chi connectivity index (χ3v) is 5.34. The van der Waals surface area contributed by atoms with Crippen molar-refractivity contribution in [1.82, 2.24) is 5.32 Å². The van der Waals surface area contributed by atoms with E-state index >= 15 is 0 Å². The van der Waals surface area contributed by atoms with Crippen LogP contribution in [0.2, 0.25) is 0 Å². The first-order valence-electron chi connectivity index (χ1n) is 5.21. The van der Waals surface area contributed by atoms with E-state index in [1.807, 2.05) is 23.1 Å². The smallest absolute Gasteiger partial charge is 0.0399 e. The van der Waals surface area contributed by atoms with Crippen LogP contribution in [-0.2, 0) is 0 Å². The molecule has 1 rings (SSSR count). The fraction of sp³-hybridized carbons (Fsp3) is 0.636. The van der Waals surface area contributed by atoms with Gasteiger partial charge in [-0.2, -0.15) is 11.8 Å². The molecule has 0 spiro atoms. The van der Waals surface area contributed by atoms with Gasteiger partial charge in [0.2, 0.25) is 0 Å². The van der Waals surface area contributed by atoms with Crippen molar-refractivity contribution in [3.63, 3.8) is 0 Å². The molecule has 0 amide bonds. The first-order valence-corrected chi connectivity index (χ1v) is 8.04. The Kier molecular flexibility index (Phi) is 6.27. The van der Waals surface area contributed by atoms with Crippen LogP contribution in [0.4, 0.5) is 0 Å². The molecule has 0 radical (unpaired) electrons. The third kappa shape index (κ3) is 4.47. The van der Waals surface area contributed by atoms with Crippen LogP contribution in [0.1, 0.15) is 31.7 Å². The molecule has 2 unspecified atom stereocenters. The van der Waals surface area contributed by atoms with Crippen LogP contribution in [0.15, 0.2) is 15.9 Å². The third-order valence-electron chi connectivity index (χ3n) is 2.14. The summed E-state index contributed by atoms with van der Waals surface area (Å²) in [6.07, 6.45) is 0. The lowest BCUT2D eigenvalue weighted by molar-refractivity contribution is 0.516. The molecule has 86 valence electrons. The number of halogens is 1. The van der Waals surface area contributed by atoms with Crippen molar-refractivity contribution in [2.24, 2.45) is 0 Å². The second-order valence-corrected chi connectivity index (χ2v) is 6.70. The molecule has 0 saturated heterocycles. The fourth-order valence-electron chi connectivity index (χ4n) is 1.46.